The predicted octanol–water partition coefficient (Wildman–Crippen LogP) is 5.89. The Balaban J connectivity index is 1.49. The van der Waals surface area contributed by atoms with Crippen molar-refractivity contribution in [3.05, 3.63) is 68.4 Å². The van der Waals surface area contributed by atoms with Crippen LogP contribution in [0, 0.1) is 0 Å². The van der Waals surface area contributed by atoms with Crippen LogP contribution >= 0.6 is 45.9 Å². The Morgan fingerprint density at radius 3 is 2.48 bits per heavy atom. The summed E-state index contributed by atoms with van der Waals surface area (Å²) in [6.45, 7) is 0. The van der Waals surface area contributed by atoms with Crippen molar-refractivity contribution < 1.29 is 4.79 Å². The summed E-state index contributed by atoms with van der Waals surface area (Å²) >= 11 is 14.7. The second-order valence-electron chi connectivity index (χ2n) is 5.39. The number of carbonyl (C=O) groups excluding carboxylic acids is 1. The van der Waals surface area contributed by atoms with E-state index in [9.17, 15) is 4.79 Å². The summed E-state index contributed by atoms with van der Waals surface area (Å²) in [5, 5.41) is 5.02. The first kappa shape index (κ1) is 18.1. The summed E-state index contributed by atoms with van der Waals surface area (Å²) in [5.74, 6) is 0.234. The van der Waals surface area contributed by atoms with Crippen LogP contribution in [0.15, 0.2) is 54.2 Å². The van der Waals surface area contributed by atoms with Gasteiger partial charge in [0.25, 0.3) is 5.91 Å². The van der Waals surface area contributed by atoms with E-state index in [0.717, 1.165) is 11.1 Å². The third kappa shape index (κ3) is 4.01. The van der Waals surface area contributed by atoms with E-state index in [1.54, 1.807) is 6.07 Å². The van der Waals surface area contributed by atoms with E-state index in [1.807, 2.05) is 35.7 Å². The minimum atomic E-state index is -0.329. The average Bonchev–Trinajstić information content (AvgIpc) is 3.28. The molecule has 0 fully saturated rings. The van der Waals surface area contributed by atoms with Crippen LogP contribution in [0.25, 0.3) is 22.6 Å². The minimum Gasteiger partial charge on any atom is -0.298 e. The van der Waals surface area contributed by atoms with Crippen molar-refractivity contribution in [2.45, 2.75) is 0 Å². The normalized spacial score (nSPS) is 10.7. The maximum atomic E-state index is 12.4. The number of aromatic nitrogens is 3. The number of amides is 1. The molecule has 0 saturated carbocycles. The molecule has 1 aromatic carbocycles. The number of carbonyl (C=O) groups is 1. The largest absolute Gasteiger partial charge is 0.298 e. The Bertz CT molecular complexity index is 1090. The fourth-order valence-corrected chi connectivity index (χ4v) is 4.51. The number of thiophene rings is 1. The van der Waals surface area contributed by atoms with E-state index in [-0.39, 0.29) is 5.91 Å². The fourth-order valence-electron chi connectivity index (χ4n) is 2.32. The number of thiazole rings is 1. The summed E-state index contributed by atoms with van der Waals surface area (Å²) < 4.78 is 1.15. The smallest absolute Gasteiger partial charge is 0.260 e. The van der Waals surface area contributed by atoms with Gasteiger partial charge < -0.3 is 0 Å². The van der Waals surface area contributed by atoms with Crippen molar-refractivity contribution in [3.63, 3.8) is 0 Å². The molecule has 3 heterocycles. The topological polar surface area (TPSA) is 67.8 Å². The molecule has 0 aliphatic carbocycles. The monoisotopic (exact) mass is 432 g/mol. The zero-order chi connectivity index (χ0) is 18.8. The second-order valence-corrected chi connectivity index (χ2v) is 8.53. The van der Waals surface area contributed by atoms with Gasteiger partial charge in [-0.3, -0.25) is 10.1 Å². The van der Waals surface area contributed by atoms with Gasteiger partial charge in [-0.1, -0.05) is 53.5 Å². The van der Waals surface area contributed by atoms with Gasteiger partial charge in [0.2, 0.25) is 0 Å². The number of halogens is 2. The molecule has 1 N–H and O–H groups in total. The molecule has 0 aliphatic heterocycles. The number of nitrogens with one attached hydrogen (secondary N) is 1. The first-order valence-corrected chi connectivity index (χ1v) is 10.1. The zero-order valence-corrected chi connectivity index (χ0v) is 16.7. The van der Waals surface area contributed by atoms with Gasteiger partial charge in [-0.15, -0.1) is 22.7 Å². The van der Waals surface area contributed by atoms with Crippen molar-refractivity contribution >= 4 is 56.9 Å². The number of hydrogen-bond acceptors (Lipinski definition) is 6. The molecule has 5 nitrogen and oxygen atoms in total. The quantitative estimate of drug-likeness (QED) is 0.436. The van der Waals surface area contributed by atoms with Crippen molar-refractivity contribution in [2.24, 2.45) is 0 Å². The van der Waals surface area contributed by atoms with Crippen LogP contribution in [0.1, 0.15) is 10.4 Å². The van der Waals surface area contributed by atoms with E-state index in [2.05, 4.69) is 20.3 Å². The lowest BCUT2D eigenvalue weighted by Gasteiger charge is -2.03. The molecule has 3 aromatic heterocycles. The molecular formula is C18H10Cl2N4OS2. The lowest BCUT2D eigenvalue weighted by atomic mass is 10.2. The summed E-state index contributed by atoms with van der Waals surface area (Å²) in [6, 6.07) is 11.3. The van der Waals surface area contributed by atoms with Crippen LogP contribution in [0.4, 0.5) is 5.13 Å². The fraction of sp³-hybridized carbons (Fsp3) is 0. The van der Waals surface area contributed by atoms with Crippen molar-refractivity contribution in [2.75, 3.05) is 5.32 Å². The molecule has 0 bridgehead atoms. The first-order chi connectivity index (χ1) is 13.1. The van der Waals surface area contributed by atoms with E-state index < -0.39 is 0 Å². The molecule has 1 amide bonds. The van der Waals surface area contributed by atoms with Gasteiger partial charge in [-0.2, -0.15) is 0 Å². The third-order valence-electron chi connectivity index (χ3n) is 3.60. The molecule has 0 unspecified atom stereocenters. The van der Waals surface area contributed by atoms with Crippen LogP contribution in [0.2, 0.25) is 8.67 Å². The number of nitrogens with zero attached hydrogens (tertiary/aromatic N) is 3. The molecule has 4 aromatic rings. The summed E-state index contributed by atoms with van der Waals surface area (Å²) in [4.78, 5) is 25.3. The Morgan fingerprint density at radius 1 is 1.07 bits per heavy atom. The first-order valence-electron chi connectivity index (χ1n) is 7.70. The van der Waals surface area contributed by atoms with E-state index >= 15 is 0 Å². The van der Waals surface area contributed by atoms with E-state index in [4.69, 9.17) is 23.2 Å². The number of hydrogen-bond donors (Lipinski definition) is 1. The van der Waals surface area contributed by atoms with Crippen LogP contribution < -0.4 is 5.32 Å². The van der Waals surface area contributed by atoms with Gasteiger partial charge in [0.1, 0.15) is 4.34 Å². The molecule has 0 saturated heterocycles. The standard InChI is InChI=1S/C18H10Cl2N4OS2/c19-14-6-12(15(20)27-14)13-9-26-18(23-13)24-17(25)11-7-21-16(22-8-11)10-4-2-1-3-5-10/h1-9H,(H,23,24,25). The molecule has 0 atom stereocenters. The Morgan fingerprint density at radius 2 is 1.81 bits per heavy atom. The lowest BCUT2D eigenvalue weighted by Crippen LogP contribution is -2.12. The van der Waals surface area contributed by atoms with Crippen molar-refractivity contribution in [1.29, 1.82) is 0 Å². The highest BCUT2D eigenvalue weighted by Gasteiger charge is 2.14. The summed E-state index contributed by atoms with van der Waals surface area (Å²) in [7, 11) is 0. The number of rotatable bonds is 4. The Hall–Kier alpha value is -2.32. The lowest BCUT2D eigenvalue weighted by molar-refractivity contribution is 0.102. The zero-order valence-electron chi connectivity index (χ0n) is 13.5. The van der Waals surface area contributed by atoms with Crippen LogP contribution in [0.3, 0.4) is 0 Å². The molecule has 134 valence electrons. The molecular weight excluding hydrogens is 423 g/mol. The van der Waals surface area contributed by atoms with Gasteiger partial charge in [-0.05, 0) is 6.07 Å². The third-order valence-corrected chi connectivity index (χ3v) is 5.85. The second kappa shape index (κ2) is 7.74. The maximum Gasteiger partial charge on any atom is 0.260 e. The Labute approximate surface area is 172 Å². The average molecular weight is 433 g/mol. The van der Waals surface area contributed by atoms with Crippen molar-refractivity contribution in [3.8, 4) is 22.6 Å². The van der Waals surface area contributed by atoms with Gasteiger partial charge >= 0.3 is 0 Å². The Kier molecular flexibility index (Phi) is 5.18. The van der Waals surface area contributed by atoms with Gasteiger partial charge in [-0.25, -0.2) is 15.0 Å². The number of benzene rings is 1. The highest BCUT2D eigenvalue weighted by molar-refractivity contribution is 7.20. The minimum absolute atomic E-state index is 0.329. The highest BCUT2D eigenvalue weighted by atomic mass is 35.5. The maximum absolute atomic E-state index is 12.4. The molecule has 0 spiro atoms. The summed E-state index contributed by atoms with van der Waals surface area (Å²) in [5.41, 5.74) is 2.65. The predicted molar refractivity (Wildman–Crippen MR) is 111 cm³/mol. The molecule has 0 aliphatic rings. The van der Waals surface area contributed by atoms with Crippen LogP contribution in [-0.2, 0) is 0 Å². The van der Waals surface area contributed by atoms with E-state index in [0.29, 0.717) is 30.9 Å². The van der Waals surface area contributed by atoms with Crippen molar-refractivity contribution in [1.82, 2.24) is 15.0 Å². The molecule has 0 radical (unpaired) electrons. The summed E-state index contributed by atoms with van der Waals surface area (Å²) in [6.07, 6.45) is 2.99. The highest BCUT2D eigenvalue weighted by Crippen LogP contribution is 2.39. The SMILES string of the molecule is O=C(Nc1nc(-c2cc(Cl)sc2Cl)cs1)c1cnc(-c2ccccc2)nc1. The van der Waals surface area contributed by atoms with Gasteiger partial charge in [0, 0.05) is 28.9 Å². The van der Waals surface area contributed by atoms with Gasteiger partial charge in [0.15, 0.2) is 11.0 Å². The van der Waals surface area contributed by atoms with E-state index in [1.165, 1.54) is 35.1 Å². The van der Waals surface area contributed by atoms with Gasteiger partial charge in [0.05, 0.1) is 15.6 Å². The number of anilines is 1. The van der Waals surface area contributed by atoms with Crippen LogP contribution in [0.5, 0.6) is 0 Å². The molecule has 27 heavy (non-hydrogen) atoms. The van der Waals surface area contributed by atoms with Crippen LogP contribution in [-0.4, -0.2) is 20.9 Å². The molecule has 4 rings (SSSR count). The molecule has 9 heteroatoms.